The molecule has 1 N–H and O–H groups in total. The first-order chi connectivity index (χ1) is 14.0. The van der Waals surface area contributed by atoms with E-state index < -0.39 is 0 Å². The molecule has 2 aliphatic heterocycles. The molecule has 168 valence electrons. The summed E-state index contributed by atoms with van der Waals surface area (Å²) >= 11 is 0. The van der Waals surface area contributed by atoms with Crippen molar-refractivity contribution in [2.24, 2.45) is 16.8 Å². The predicted molar refractivity (Wildman–Crippen MR) is 126 cm³/mol. The van der Waals surface area contributed by atoms with Gasteiger partial charge in [0.15, 0.2) is 5.96 Å². The van der Waals surface area contributed by atoms with Gasteiger partial charge in [-0.3, -0.25) is 9.79 Å². The molecule has 2 heterocycles. The molecule has 2 atom stereocenters. The summed E-state index contributed by atoms with van der Waals surface area (Å²) < 4.78 is 24.0. The number of hydrogen-bond acceptors (Lipinski definition) is 4. The first-order valence-electron chi connectivity index (χ1n) is 10.4. The second-order valence-electron chi connectivity index (χ2n) is 8.08. The minimum absolute atomic E-state index is 0. The lowest BCUT2D eigenvalue weighted by Crippen LogP contribution is -2.43. The van der Waals surface area contributed by atoms with Crippen LogP contribution in [0.3, 0.4) is 0 Å². The number of rotatable bonds is 5. The molecule has 3 rings (SSSR count). The smallest absolute Gasteiger partial charge is 0.310 e. The van der Waals surface area contributed by atoms with Crippen LogP contribution in [0.15, 0.2) is 29.3 Å². The van der Waals surface area contributed by atoms with Gasteiger partial charge in [0.2, 0.25) is 0 Å². The number of aliphatic imine (C=N–C) groups is 1. The van der Waals surface area contributed by atoms with Crippen LogP contribution in [-0.2, 0) is 19.7 Å². The molecule has 0 radical (unpaired) electrons. The van der Waals surface area contributed by atoms with E-state index in [1.54, 1.807) is 0 Å². The Hall–Kier alpha value is -1.42. The van der Waals surface area contributed by atoms with Gasteiger partial charge in [-0.15, -0.1) is 24.0 Å². The molecule has 30 heavy (non-hydrogen) atoms. The van der Waals surface area contributed by atoms with Crippen LogP contribution in [0.1, 0.15) is 32.3 Å². The summed E-state index contributed by atoms with van der Waals surface area (Å²) in [4.78, 5) is 19.2. The van der Waals surface area contributed by atoms with E-state index in [2.05, 4.69) is 17.1 Å². The van der Waals surface area contributed by atoms with Gasteiger partial charge >= 0.3 is 5.97 Å². The van der Waals surface area contributed by atoms with Gasteiger partial charge in [0, 0.05) is 38.3 Å². The van der Waals surface area contributed by atoms with Gasteiger partial charge in [-0.25, -0.2) is 4.39 Å². The summed E-state index contributed by atoms with van der Waals surface area (Å²) in [6.07, 6.45) is 1.70. The third kappa shape index (κ3) is 5.63. The molecule has 0 spiro atoms. The Kier molecular flexibility index (Phi) is 9.33. The second-order valence-corrected chi connectivity index (χ2v) is 8.08. The number of methoxy groups -OCH3 is 1. The van der Waals surface area contributed by atoms with Crippen LogP contribution in [0, 0.1) is 17.7 Å². The summed E-state index contributed by atoms with van der Waals surface area (Å²) in [6, 6.07) is 6.78. The molecule has 0 saturated carbocycles. The van der Waals surface area contributed by atoms with E-state index in [1.165, 1.54) is 19.2 Å². The number of esters is 1. The molecule has 2 saturated heterocycles. The molecule has 2 aliphatic rings. The quantitative estimate of drug-likeness (QED) is 0.273. The summed E-state index contributed by atoms with van der Waals surface area (Å²) in [5.41, 5.74) is 0.934. The Balaban J connectivity index is 0.00000320. The third-order valence-corrected chi connectivity index (χ3v) is 6.19. The number of nitrogens with one attached hydrogen (secondary N) is 1. The minimum Gasteiger partial charge on any atom is -0.469 e. The van der Waals surface area contributed by atoms with Crippen LogP contribution in [-0.4, -0.2) is 63.3 Å². The van der Waals surface area contributed by atoms with Crippen molar-refractivity contribution in [3.8, 4) is 0 Å². The topological polar surface area (TPSA) is 63.2 Å². The van der Waals surface area contributed by atoms with Gasteiger partial charge in [-0.05, 0) is 43.4 Å². The van der Waals surface area contributed by atoms with Gasteiger partial charge in [-0.2, -0.15) is 0 Å². The van der Waals surface area contributed by atoms with Crippen molar-refractivity contribution in [2.75, 3.05) is 46.5 Å². The number of carbonyl (C=O) groups is 1. The predicted octanol–water partition coefficient (Wildman–Crippen LogP) is 3.20. The van der Waals surface area contributed by atoms with Crippen molar-refractivity contribution < 1.29 is 18.7 Å². The number of guanidine groups is 1. The minimum atomic E-state index is -0.229. The molecular weight excluding hydrogens is 500 g/mol. The largest absolute Gasteiger partial charge is 0.469 e. The Labute approximate surface area is 195 Å². The summed E-state index contributed by atoms with van der Waals surface area (Å²) in [7, 11) is 1.44. The van der Waals surface area contributed by atoms with Crippen LogP contribution >= 0.6 is 24.0 Å². The number of likely N-dealkylation sites (tertiary alicyclic amines) is 1. The van der Waals surface area contributed by atoms with Gasteiger partial charge < -0.3 is 19.7 Å². The number of ether oxygens (including phenoxy) is 2. The lowest BCUT2D eigenvalue weighted by atomic mass is 9.74. The van der Waals surface area contributed by atoms with Crippen LogP contribution in [0.5, 0.6) is 0 Å². The zero-order chi connectivity index (χ0) is 20.9. The fraction of sp³-hybridized carbons (Fsp3) is 0.636. The second kappa shape index (κ2) is 11.3. The van der Waals surface area contributed by atoms with E-state index in [4.69, 9.17) is 14.5 Å². The number of carbonyl (C=O) groups excluding carboxylic acids is 1. The van der Waals surface area contributed by atoms with E-state index in [9.17, 15) is 9.18 Å². The van der Waals surface area contributed by atoms with Crippen molar-refractivity contribution in [1.82, 2.24) is 10.2 Å². The Morgan fingerprint density at radius 1 is 1.30 bits per heavy atom. The Morgan fingerprint density at radius 3 is 2.57 bits per heavy atom. The molecule has 2 fully saturated rings. The van der Waals surface area contributed by atoms with Crippen molar-refractivity contribution in [3.05, 3.63) is 35.6 Å². The number of hydrogen-bond donors (Lipinski definition) is 1. The molecule has 0 amide bonds. The molecule has 1 aromatic carbocycles. The molecule has 0 bridgehead atoms. The van der Waals surface area contributed by atoms with E-state index >= 15 is 0 Å². The Morgan fingerprint density at radius 2 is 1.97 bits per heavy atom. The lowest BCUT2D eigenvalue weighted by molar-refractivity contribution is -0.145. The highest BCUT2D eigenvalue weighted by molar-refractivity contribution is 14.0. The van der Waals surface area contributed by atoms with Crippen molar-refractivity contribution in [3.63, 3.8) is 0 Å². The SMILES string of the molecule is CCNC(=NCC1(c2ccc(F)cc2)CCOCC1)N1CC(C)C(C(=O)OC)C1.I. The maximum Gasteiger partial charge on any atom is 0.310 e. The highest BCUT2D eigenvalue weighted by Gasteiger charge is 2.38. The van der Waals surface area contributed by atoms with E-state index in [1.807, 2.05) is 19.1 Å². The Bertz CT molecular complexity index is 723. The molecule has 8 heteroatoms. The van der Waals surface area contributed by atoms with Crippen molar-refractivity contribution in [1.29, 1.82) is 0 Å². The molecule has 6 nitrogen and oxygen atoms in total. The summed E-state index contributed by atoms with van der Waals surface area (Å²) in [5, 5.41) is 3.37. The van der Waals surface area contributed by atoms with Crippen LogP contribution in [0.25, 0.3) is 0 Å². The fourth-order valence-electron chi connectivity index (χ4n) is 4.35. The average Bonchev–Trinajstić information content (AvgIpc) is 3.13. The fourth-order valence-corrected chi connectivity index (χ4v) is 4.35. The van der Waals surface area contributed by atoms with Gasteiger partial charge in [0.1, 0.15) is 5.82 Å². The third-order valence-electron chi connectivity index (χ3n) is 6.19. The average molecular weight is 533 g/mol. The maximum atomic E-state index is 13.5. The van der Waals surface area contributed by atoms with Crippen LogP contribution < -0.4 is 5.32 Å². The highest BCUT2D eigenvalue weighted by atomic mass is 127. The summed E-state index contributed by atoms with van der Waals surface area (Å²) in [5.74, 6) is 0.493. The van der Waals surface area contributed by atoms with Crippen molar-refractivity contribution >= 4 is 35.9 Å². The number of benzene rings is 1. The summed E-state index contributed by atoms with van der Waals surface area (Å²) in [6.45, 7) is 8.17. The van der Waals surface area contributed by atoms with Crippen LogP contribution in [0.2, 0.25) is 0 Å². The molecule has 1 aromatic rings. The number of nitrogens with zero attached hydrogens (tertiary/aromatic N) is 2. The van der Waals surface area contributed by atoms with Gasteiger partial charge in [-0.1, -0.05) is 19.1 Å². The molecule has 0 aromatic heterocycles. The van der Waals surface area contributed by atoms with Gasteiger partial charge in [0.25, 0.3) is 0 Å². The molecule has 0 aliphatic carbocycles. The monoisotopic (exact) mass is 533 g/mol. The number of halogens is 2. The van der Waals surface area contributed by atoms with Crippen LogP contribution in [0.4, 0.5) is 4.39 Å². The molecular formula is C22H33FIN3O3. The van der Waals surface area contributed by atoms with Gasteiger partial charge in [0.05, 0.1) is 19.6 Å². The lowest BCUT2D eigenvalue weighted by Gasteiger charge is -2.37. The van der Waals surface area contributed by atoms with E-state index in [0.717, 1.165) is 37.5 Å². The standard InChI is InChI=1S/C22H32FN3O3.HI/c1-4-24-21(26-13-16(2)19(14-26)20(27)28-3)25-15-22(9-11-29-12-10-22)17-5-7-18(23)8-6-17;/h5-8,16,19H,4,9-15H2,1-3H3,(H,24,25);1H. The first-order valence-corrected chi connectivity index (χ1v) is 10.4. The highest BCUT2D eigenvalue weighted by Crippen LogP contribution is 2.35. The first kappa shape index (κ1) is 24.8. The maximum absolute atomic E-state index is 13.5. The zero-order valence-electron chi connectivity index (χ0n) is 18.0. The van der Waals surface area contributed by atoms with Crippen molar-refractivity contribution in [2.45, 2.75) is 32.1 Å². The molecule has 2 unspecified atom stereocenters. The van der Waals surface area contributed by atoms with E-state index in [-0.39, 0.29) is 53.0 Å². The van der Waals surface area contributed by atoms with E-state index in [0.29, 0.717) is 26.3 Å². The normalized spacial score (nSPS) is 23.6. The zero-order valence-corrected chi connectivity index (χ0v) is 20.4.